The van der Waals surface area contributed by atoms with Crippen LogP contribution in [0.4, 0.5) is 10.9 Å². The highest BCUT2D eigenvalue weighted by Crippen LogP contribution is 2.24. The van der Waals surface area contributed by atoms with Crippen LogP contribution in [0.5, 0.6) is 11.5 Å². The molecule has 2 aromatic heterocycles. The summed E-state index contributed by atoms with van der Waals surface area (Å²) >= 11 is 1.23. The standard InChI is InChI=1S/C18H18N4O5S/c1-10-4-15(22-27-10)20-16(23)7-12-9-28-18(19-12)21-17(24)11-5-13(25-2)8-14(6-11)26-3/h4-6,8-9H,7H2,1-3H3,(H,19,21,24)(H,20,22,23). The molecule has 0 bridgehead atoms. The summed E-state index contributed by atoms with van der Waals surface area (Å²) in [6.07, 6.45) is 0.0469. The van der Waals surface area contributed by atoms with Gasteiger partial charge in [-0.3, -0.25) is 14.9 Å². The molecule has 0 spiro atoms. The van der Waals surface area contributed by atoms with Crippen molar-refractivity contribution >= 4 is 34.1 Å². The van der Waals surface area contributed by atoms with Crippen molar-refractivity contribution in [1.29, 1.82) is 0 Å². The first-order chi connectivity index (χ1) is 13.5. The fraction of sp³-hybridized carbons (Fsp3) is 0.222. The van der Waals surface area contributed by atoms with Crippen LogP contribution in [0.15, 0.2) is 34.2 Å². The quantitative estimate of drug-likeness (QED) is 0.624. The third-order valence-electron chi connectivity index (χ3n) is 3.62. The number of anilines is 2. The minimum atomic E-state index is -0.361. The molecule has 0 unspecified atom stereocenters. The summed E-state index contributed by atoms with van der Waals surface area (Å²) in [5.74, 6) is 1.31. The van der Waals surface area contributed by atoms with E-state index in [9.17, 15) is 9.59 Å². The summed E-state index contributed by atoms with van der Waals surface area (Å²) in [5.41, 5.74) is 0.897. The third kappa shape index (κ3) is 4.86. The topological polar surface area (TPSA) is 116 Å². The summed E-state index contributed by atoms with van der Waals surface area (Å²) in [7, 11) is 3.02. The van der Waals surface area contributed by atoms with Gasteiger partial charge in [-0.15, -0.1) is 11.3 Å². The van der Waals surface area contributed by atoms with Crippen LogP contribution in [0.3, 0.4) is 0 Å². The van der Waals surface area contributed by atoms with Gasteiger partial charge < -0.3 is 19.3 Å². The molecule has 2 amide bonds. The van der Waals surface area contributed by atoms with Gasteiger partial charge >= 0.3 is 0 Å². The minimum Gasteiger partial charge on any atom is -0.497 e. The first-order valence-corrected chi connectivity index (χ1v) is 9.07. The first kappa shape index (κ1) is 19.4. The molecule has 28 heavy (non-hydrogen) atoms. The number of carbonyl (C=O) groups excluding carboxylic acids is 2. The zero-order valence-electron chi connectivity index (χ0n) is 15.4. The largest absolute Gasteiger partial charge is 0.497 e. The number of carbonyl (C=O) groups is 2. The Balaban J connectivity index is 1.62. The maximum atomic E-state index is 12.5. The number of rotatable bonds is 7. The van der Waals surface area contributed by atoms with Crippen LogP contribution >= 0.6 is 11.3 Å². The number of thiazole rings is 1. The first-order valence-electron chi connectivity index (χ1n) is 8.19. The van der Waals surface area contributed by atoms with Crippen LogP contribution in [0.1, 0.15) is 21.8 Å². The lowest BCUT2D eigenvalue weighted by molar-refractivity contribution is -0.115. The number of methoxy groups -OCH3 is 2. The molecule has 2 heterocycles. The minimum absolute atomic E-state index is 0.0469. The summed E-state index contributed by atoms with van der Waals surface area (Å²) in [6.45, 7) is 1.73. The smallest absolute Gasteiger partial charge is 0.257 e. The number of hydrogen-bond donors (Lipinski definition) is 2. The highest BCUT2D eigenvalue weighted by atomic mass is 32.1. The maximum Gasteiger partial charge on any atom is 0.257 e. The number of benzene rings is 1. The summed E-state index contributed by atoms with van der Waals surface area (Å²) in [5, 5.41) is 11.1. The van der Waals surface area contributed by atoms with Crippen LogP contribution < -0.4 is 20.1 Å². The molecule has 1 aromatic carbocycles. The predicted molar refractivity (Wildman–Crippen MR) is 103 cm³/mol. The van der Waals surface area contributed by atoms with Crippen LogP contribution in [-0.4, -0.2) is 36.2 Å². The van der Waals surface area contributed by atoms with Gasteiger partial charge in [0.25, 0.3) is 5.91 Å². The van der Waals surface area contributed by atoms with E-state index in [0.29, 0.717) is 39.5 Å². The Labute approximate surface area is 164 Å². The number of ether oxygens (including phenoxy) is 2. The van der Waals surface area contributed by atoms with E-state index in [-0.39, 0.29) is 18.2 Å². The van der Waals surface area contributed by atoms with Gasteiger partial charge in [-0.2, -0.15) is 0 Å². The highest BCUT2D eigenvalue weighted by molar-refractivity contribution is 7.14. The van der Waals surface area contributed by atoms with E-state index in [4.69, 9.17) is 14.0 Å². The number of aromatic nitrogens is 2. The molecule has 0 aliphatic rings. The Kier molecular flexibility index (Phi) is 5.90. The molecule has 2 N–H and O–H groups in total. The summed E-state index contributed by atoms with van der Waals surface area (Å²) in [6, 6.07) is 6.49. The van der Waals surface area contributed by atoms with E-state index in [0.717, 1.165) is 0 Å². The van der Waals surface area contributed by atoms with E-state index in [2.05, 4.69) is 20.8 Å². The van der Waals surface area contributed by atoms with E-state index < -0.39 is 0 Å². The molecule has 9 nitrogen and oxygen atoms in total. The molecule has 3 rings (SSSR count). The van der Waals surface area contributed by atoms with Gasteiger partial charge in [-0.25, -0.2) is 4.98 Å². The molecule has 3 aromatic rings. The molecule has 10 heteroatoms. The SMILES string of the molecule is COc1cc(OC)cc(C(=O)Nc2nc(CC(=O)Nc3cc(C)on3)cs2)c1. The van der Waals surface area contributed by atoms with E-state index in [1.54, 1.807) is 36.6 Å². The van der Waals surface area contributed by atoms with E-state index in [1.807, 2.05) is 0 Å². The van der Waals surface area contributed by atoms with Crippen molar-refractivity contribution in [1.82, 2.24) is 10.1 Å². The molecular weight excluding hydrogens is 384 g/mol. The second-order valence-electron chi connectivity index (χ2n) is 5.75. The maximum absolute atomic E-state index is 12.5. The van der Waals surface area contributed by atoms with Crippen molar-refractivity contribution < 1.29 is 23.6 Å². The van der Waals surface area contributed by atoms with Gasteiger partial charge in [0.05, 0.1) is 26.3 Å². The van der Waals surface area contributed by atoms with Crippen molar-refractivity contribution in [2.24, 2.45) is 0 Å². The summed E-state index contributed by atoms with van der Waals surface area (Å²) < 4.78 is 15.2. The molecule has 0 radical (unpaired) electrons. The zero-order valence-corrected chi connectivity index (χ0v) is 16.3. The second-order valence-corrected chi connectivity index (χ2v) is 6.61. The third-order valence-corrected chi connectivity index (χ3v) is 4.43. The van der Waals surface area contributed by atoms with Gasteiger partial charge in [0.15, 0.2) is 10.9 Å². The van der Waals surface area contributed by atoms with Crippen molar-refractivity contribution in [2.75, 3.05) is 24.9 Å². The van der Waals surface area contributed by atoms with Crippen molar-refractivity contribution in [3.63, 3.8) is 0 Å². The van der Waals surface area contributed by atoms with Gasteiger partial charge in [0.1, 0.15) is 17.3 Å². The molecule has 0 aliphatic carbocycles. The monoisotopic (exact) mass is 402 g/mol. The molecule has 0 fully saturated rings. The molecule has 0 aliphatic heterocycles. The van der Waals surface area contributed by atoms with Gasteiger partial charge in [-0.1, -0.05) is 5.16 Å². The number of aryl methyl sites for hydroxylation is 1. The Bertz CT molecular complexity index is 975. The normalized spacial score (nSPS) is 10.4. The Morgan fingerprint density at radius 3 is 2.43 bits per heavy atom. The van der Waals surface area contributed by atoms with Crippen molar-refractivity contribution in [3.8, 4) is 11.5 Å². The lowest BCUT2D eigenvalue weighted by Crippen LogP contribution is -2.15. The van der Waals surface area contributed by atoms with E-state index in [1.165, 1.54) is 25.6 Å². The zero-order chi connectivity index (χ0) is 20.1. The van der Waals surface area contributed by atoms with Gasteiger partial charge in [-0.05, 0) is 19.1 Å². The average molecular weight is 402 g/mol. The van der Waals surface area contributed by atoms with Crippen LogP contribution in [-0.2, 0) is 11.2 Å². The number of hydrogen-bond acceptors (Lipinski definition) is 8. The molecular formula is C18H18N4O5S. The fourth-order valence-corrected chi connectivity index (χ4v) is 3.04. The van der Waals surface area contributed by atoms with Crippen molar-refractivity contribution in [3.05, 3.63) is 46.7 Å². The van der Waals surface area contributed by atoms with E-state index >= 15 is 0 Å². The number of nitrogens with zero attached hydrogens (tertiary/aromatic N) is 2. The lowest BCUT2D eigenvalue weighted by Gasteiger charge is -2.08. The van der Waals surface area contributed by atoms with Crippen LogP contribution in [0.25, 0.3) is 0 Å². The fourth-order valence-electron chi connectivity index (χ4n) is 2.33. The number of nitrogens with one attached hydrogen (secondary N) is 2. The highest BCUT2D eigenvalue weighted by Gasteiger charge is 2.14. The van der Waals surface area contributed by atoms with Crippen molar-refractivity contribution in [2.45, 2.75) is 13.3 Å². The molecule has 0 atom stereocenters. The van der Waals surface area contributed by atoms with Gasteiger partial charge in [0.2, 0.25) is 5.91 Å². The average Bonchev–Trinajstić information content (AvgIpc) is 3.29. The second kappa shape index (κ2) is 8.53. The lowest BCUT2D eigenvalue weighted by atomic mass is 10.2. The Morgan fingerprint density at radius 1 is 1.11 bits per heavy atom. The summed E-state index contributed by atoms with van der Waals surface area (Å²) in [4.78, 5) is 28.8. The van der Waals surface area contributed by atoms with Crippen LogP contribution in [0, 0.1) is 6.92 Å². The molecule has 0 saturated heterocycles. The predicted octanol–water partition coefficient (Wildman–Crippen LogP) is 2.89. The number of amides is 2. The van der Waals surface area contributed by atoms with Crippen LogP contribution in [0.2, 0.25) is 0 Å². The van der Waals surface area contributed by atoms with Gasteiger partial charge in [0, 0.05) is 23.1 Å². The molecule has 0 saturated carbocycles. The Hall–Kier alpha value is -3.40. The Morgan fingerprint density at radius 2 is 1.82 bits per heavy atom. The molecule has 146 valence electrons.